The Morgan fingerprint density at radius 2 is 2.08 bits per heavy atom. The first-order valence-electron chi connectivity index (χ1n) is 8.35. The van der Waals surface area contributed by atoms with Gasteiger partial charge in [0.15, 0.2) is 0 Å². The van der Waals surface area contributed by atoms with Crippen LogP contribution < -0.4 is 5.32 Å². The lowest BCUT2D eigenvalue weighted by Crippen LogP contribution is -2.45. The standard InChI is InChI=1S/C19H19FN4S/c20-15-6-4-14(5-7-15)18-11-21-9-10-24(18)12-16-13-25-19(23-16)17-3-1-2-8-22-17/h1-8,13,18,21H,9-12H2. The molecule has 1 saturated heterocycles. The quantitative estimate of drug-likeness (QED) is 0.779. The van der Waals surface area contributed by atoms with E-state index in [4.69, 9.17) is 4.98 Å². The van der Waals surface area contributed by atoms with Gasteiger partial charge in [0.25, 0.3) is 0 Å². The van der Waals surface area contributed by atoms with Gasteiger partial charge < -0.3 is 5.32 Å². The van der Waals surface area contributed by atoms with E-state index in [2.05, 4.69) is 20.6 Å². The highest BCUT2D eigenvalue weighted by Crippen LogP contribution is 2.27. The van der Waals surface area contributed by atoms with Gasteiger partial charge in [0, 0.05) is 43.8 Å². The van der Waals surface area contributed by atoms with Crippen molar-refractivity contribution in [3.05, 3.63) is 71.1 Å². The van der Waals surface area contributed by atoms with Gasteiger partial charge >= 0.3 is 0 Å². The highest BCUT2D eigenvalue weighted by atomic mass is 32.1. The summed E-state index contributed by atoms with van der Waals surface area (Å²) in [5.41, 5.74) is 3.10. The number of benzene rings is 1. The molecule has 0 saturated carbocycles. The smallest absolute Gasteiger partial charge is 0.142 e. The summed E-state index contributed by atoms with van der Waals surface area (Å²) in [4.78, 5) is 11.5. The number of hydrogen-bond donors (Lipinski definition) is 1. The molecule has 1 atom stereocenters. The highest BCUT2D eigenvalue weighted by molar-refractivity contribution is 7.13. The predicted molar refractivity (Wildman–Crippen MR) is 97.8 cm³/mol. The van der Waals surface area contributed by atoms with Crippen molar-refractivity contribution in [1.29, 1.82) is 0 Å². The van der Waals surface area contributed by atoms with E-state index in [1.165, 1.54) is 12.1 Å². The molecule has 3 aromatic rings. The molecule has 2 aromatic heterocycles. The molecule has 0 aliphatic carbocycles. The van der Waals surface area contributed by atoms with Crippen molar-refractivity contribution >= 4 is 11.3 Å². The Bertz CT molecular complexity index is 819. The maximum Gasteiger partial charge on any atom is 0.142 e. The van der Waals surface area contributed by atoms with Crippen LogP contribution >= 0.6 is 11.3 Å². The molecule has 0 radical (unpaired) electrons. The Morgan fingerprint density at radius 3 is 2.88 bits per heavy atom. The molecule has 128 valence electrons. The lowest BCUT2D eigenvalue weighted by molar-refractivity contribution is 0.152. The Labute approximate surface area is 150 Å². The average Bonchev–Trinajstić information content (AvgIpc) is 3.12. The topological polar surface area (TPSA) is 41.0 Å². The molecule has 1 aromatic carbocycles. The van der Waals surface area contributed by atoms with Crippen LogP contribution in [0.4, 0.5) is 4.39 Å². The number of nitrogens with one attached hydrogen (secondary N) is 1. The number of rotatable bonds is 4. The van der Waals surface area contributed by atoms with Crippen LogP contribution in [0.2, 0.25) is 0 Å². The number of hydrogen-bond acceptors (Lipinski definition) is 5. The largest absolute Gasteiger partial charge is 0.314 e. The van der Waals surface area contributed by atoms with E-state index in [-0.39, 0.29) is 11.9 Å². The third-order valence-corrected chi connectivity index (χ3v) is 5.32. The van der Waals surface area contributed by atoms with E-state index in [9.17, 15) is 4.39 Å². The summed E-state index contributed by atoms with van der Waals surface area (Å²) < 4.78 is 13.2. The first-order chi connectivity index (χ1) is 12.3. The molecular weight excluding hydrogens is 335 g/mol. The number of halogens is 1. The zero-order chi connectivity index (χ0) is 17.1. The Balaban J connectivity index is 1.52. The fourth-order valence-corrected chi connectivity index (χ4v) is 3.93. The molecule has 0 amide bonds. The van der Waals surface area contributed by atoms with E-state index in [0.717, 1.165) is 48.1 Å². The van der Waals surface area contributed by atoms with Crippen molar-refractivity contribution in [3.63, 3.8) is 0 Å². The van der Waals surface area contributed by atoms with Gasteiger partial charge in [0.05, 0.1) is 11.4 Å². The van der Waals surface area contributed by atoms with E-state index in [0.29, 0.717) is 0 Å². The normalized spacial score (nSPS) is 18.4. The van der Waals surface area contributed by atoms with Crippen LogP contribution in [0.5, 0.6) is 0 Å². The summed E-state index contributed by atoms with van der Waals surface area (Å²) in [7, 11) is 0. The summed E-state index contributed by atoms with van der Waals surface area (Å²) in [6.45, 7) is 3.54. The first-order valence-corrected chi connectivity index (χ1v) is 9.23. The summed E-state index contributed by atoms with van der Waals surface area (Å²) in [6.07, 6.45) is 1.79. The van der Waals surface area contributed by atoms with E-state index in [1.807, 2.05) is 30.3 Å². The summed E-state index contributed by atoms with van der Waals surface area (Å²) in [6, 6.07) is 12.9. The molecule has 0 bridgehead atoms. The summed E-state index contributed by atoms with van der Waals surface area (Å²) in [5, 5.41) is 6.48. The van der Waals surface area contributed by atoms with Gasteiger partial charge in [-0.2, -0.15) is 0 Å². The van der Waals surface area contributed by atoms with Gasteiger partial charge in [0.1, 0.15) is 10.8 Å². The molecule has 6 heteroatoms. The highest BCUT2D eigenvalue weighted by Gasteiger charge is 2.24. The Hall–Kier alpha value is -2.15. The van der Waals surface area contributed by atoms with Gasteiger partial charge in [-0.15, -0.1) is 11.3 Å². The van der Waals surface area contributed by atoms with Crippen molar-refractivity contribution in [3.8, 4) is 10.7 Å². The molecule has 1 aliphatic rings. The fourth-order valence-electron chi connectivity index (χ4n) is 3.14. The van der Waals surface area contributed by atoms with Crippen molar-refractivity contribution < 1.29 is 4.39 Å². The molecule has 1 unspecified atom stereocenters. The van der Waals surface area contributed by atoms with E-state index >= 15 is 0 Å². The monoisotopic (exact) mass is 354 g/mol. The minimum absolute atomic E-state index is 0.196. The molecule has 0 spiro atoms. The number of aromatic nitrogens is 2. The second kappa shape index (κ2) is 7.39. The van der Waals surface area contributed by atoms with Gasteiger partial charge in [0.2, 0.25) is 0 Å². The zero-order valence-electron chi connectivity index (χ0n) is 13.7. The number of piperazine rings is 1. The van der Waals surface area contributed by atoms with Crippen molar-refractivity contribution in [2.75, 3.05) is 19.6 Å². The maximum atomic E-state index is 13.2. The SMILES string of the molecule is Fc1ccc(C2CNCCN2Cc2csc(-c3ccccn3)n2)cc1. The lowest BCUT2D eigenvalue weighted by atomic mass is 10.0. The van der Waals surface area contributed by atoms with Crippen LogP contribution in [-0.2, 0) is 6.54 Å². The molecule has 4 rings (SSSR count). The molecule has 1 N–H and O–H groups in total. The number of thiazole rings is 1. The van der Waals surface area contributed by atoms with Crippen LogP contribution in [0.25, 0.3) is 10.7 Å². The minimum Gasteiger partial charge on any atom is -0.314 e. The Morgan fingerprint density at radius 1 is 1.20 bits per heavy atom. The van der Waals surface area contributed by atoms with Crippen molar-refractivity contribution in [2.24, 2.45) is 0 Å². The lowest BCUT2D eigenvalue weighted by Gasteiger charge is -2.36. The van der Waals surface area contributed by atoms with Gasteiger partial charge in [-0.05, 0) is 29.8 Å². The van der Waals surface area contributed by atoms with E-state index in [1.54, 1.807) is 17.5 Å². The zero-order valence-corrected chi connectivity index (χ0v) is 14.5. The molecule has 1 fully saturated rings. The van der Waals surface area contributed by atoms with Crippen LogP contribution in [-0.4, -0.2) is 34.5 Å². The second-order valence-corrected chi connectivity index (χ2v) is 6.96. The van der Waals surface area contributed by atoms with E-state index < -0.39 is 0 Å². The Kier molecular flexibility index (Phi) is 4.83. The second-order valence-electron chi connectivity index (χ2n) is 6.10. The van der Waals surface area contributed by atoms with Gasteiger partial charge in [-0.25, -0.2) is 9.37 Å². The van der Waals surface area contributed by atoms with Gasteiger partial charge in [-0.1, -0.05) is 18.2 Å². The van der Waals surface area contributed by atoms with Crippen LogP contribution in [0.15, 0.2) is 54.0 Å². The molecule has 1 aliphatic heterocycles. The van der Waals surface area contributed by atoms with Crippen molar-refractivity contribution in [2.45, 2.75) is 12.6 Å². The maximum absolute atomic E-state index is 13.2. The fraction of sp³-hybridized carbons (Fsp3) is 0.263. The first kappa shape index (κ1) is 16.3. The average molecular weight is 354 g/mol. The minimum atomic E-state index is -0.196. The summed E-state index contributed by atoms with van der Waals surface area (Å²) >= 11 is 1.62. The molecule has 4 nitrogen and oxygen atoms in total. The van der Waals surface area contributed by atoms with Crippen LogP contribution in [0, 0.1) is 5.82 Å². The predicted octanol–water partition coefficient (Wildman–Crippen LogP) is 3.49. The number of nitrogens with zero attached hydrogens (tertiary/aromatic N) is 3. The van der Waals surface area contributed by atoms with Crippen molar-refractivity contribution in [1.82, 2.24) is 20.2 Å². The molecule has 25 heavy (non-hydrogen) atoms. The third-order valence-electron chi connectivity index (χ3n) is 4.41. The third kappa shape index (κ3) is 3.76. The summed E-state index contributed by atoms with van der Waals surface area (Å²) in [5.74, 6) is -0.196. The number of pyridine rings is 1. The van der Waals surface area contributed by atoms with Gasteiger partial charge in [-0.3, -0.25) is 9.88 Å². The molecule has 3 heterocycles. The molecular formula is C19H19FN4S. The van der Waals surface area contributed by atoms with Crippen LogP contribution in [0.1, 0.15) is 17.3 Å². The van der Waals surface area contributed by atoms with Crippen LogP contribution in [0.3, 0.4) is 0 Å².